The van der Waals surface area contributed by atoms with Gasteiger partial charge in [-0.1, -0.05) is 13.3 Å². The van der Waals surface area contributed by atoms with Crippen molar-refractivity contribution in [2.45, 2.75) is 52.1 Å². The molecule has 5 heteroatoms. The molecule has 1 heterocycles. The highest BCUT2D eigenvalue weighted by Crippen LogP contribution is 2.44. The molecule has 2 unspecified atom stereocenters. The van der Waals surface area contributed by atoms with Gasteiger partial charge in [0.05, 0.1) is 5.69 Å². The summed E-state index contributed by atoms with van der Waals surface area (Å²) in [6.45, 7) is 6.61. The van der Waals surface area contributed by atoms with E-state index in [1.54, 1.807) is 6.92 Å². The molecule has 1 N–H and O–H groups in total. The Balaban J connectivity index is 2.38. The molecule has 106 valence electrons. The fraction of sp³-hybridized carbons (Fsp3) is 0.714. The molecule has 1 aromatic heterocycles. The molecule has 1 fully saturated rings. The first-order valence-corrected chi connectivity index (χ1v) is 7.65. The topological polar surface area (TPSA) is 59.4 Å². The lowest BCUT2D eigenvalue weighted by molar-refractivity contribution is -0.0821. The Bertz CT molecular complexity index is 467. The van der Waals surface area contributed by atoms with Crippen molar-refractivity contribution in [2.24, 2.45) is 5.92 Å². The molecule has 0 spiro atoms. The average molecular weight is 283 g/mol. The van der Waals surface area contributed by atoms with Crippen LogP contribution >= 0.6 is 11.3 Å². The molecule has 1 aliphatic carbocycles. The molecule has 4 nitrogen and oxygen atoms in total. The Kier molecular flexibility index (Phi) is 4.26. The van der Waals surface area contributed by atoms with E-state index in [9.17, 15) is 9.90 Å². The fourth-order valence-corrected chi connectivity index (χ4v) is 4.04. The maximum absolute atomic E-state index is 11.2. The molecule has 2 rings (SSSR count). The quantitative estimate of drug-likeness (QED) is 0.917. The summed E-state index contributed by atoms with van der Waals surface area (Å²) in [5.74, 6) is -0.297. The van der Waals surface area contributed by atoms with Crippen molar-refractivity contribution < 1.29 is 14.6 Å². The number of hydrogen-bond donors (Lipinski definition) is 1. The minimum absolute atomic E-state index is 0.340. The first-order chi connectivity index (χ1) is 8.98. The fourth-order valence-electron chi connectivity index (χ4n) is 2.96. The molecule has 1 saturated carbocycles. The van der Waals surface area contributed by atoms with Gasteiger partial charge in [-0.2, -0.15) is 0 Å². The van der Waals surface area contributed by atoms with Crippen LogP contribution in [-0.2, 0) is 10.3 Å². The molecule has 1 aliphatic rings. The number of carbonyl (C=O) groups is 1. The number of hydrogen-bond acceptors (Lipinski definition) is 4. The Labute approximate surface area is 117 Å². The van der Waals surface area contributed by atoms with Gasteiger partial charge in [0.25, 0.3) is 0 Å². The third kappa shape index (κ3) is 2.82. The predicted molar refractivity (Wildman–Crippen MR) is 74.7 cm³/mol. The number of carboxylic acids is 1. The molecule has 0 aliphatic heterocycles. The average Bonchev–Trinajstić information content (AvgIpc) is 2.72. The van der Waals surface area contributed by atoms with Crippen LogP contribution in [0.4, 0.5) is 0 Å². The Morgan fingerprint density at radius 2 is 2.37 bits per heavy atom. The zero-order chi connectivity index (χ0) is 14.0. The van der Waals surface area contributed by atoms with Gasteiger partial charge >= 0.3 is 5.97 Å². The van der Waals surface area contributed by atoms with Crippen molar-refractivity contribution in [1.29, 1.82) is 0 Å². The van der Waals surface area contributed by atoms with Gasteiger partial charge in [-0.25, -0.2) is 9.78 Å². The summed E-state index contributed by atoms with van der Waals surface area (Å²) in [5, 5.41) is 10.0. The van der Waals surface area contributed by atoms with Crippen LogP contribution in [0.25, 0.3) is 0 Å². The highest BCUT2D eigenvalue weighted by molar-refractivity contribution is 7.13. The SMILES string of the molecule is CCOC1(c2nc(C)c(C(=O)O)s2)CCCC(C)C1. The maximum Gasteiger partial charge on any atom is 0.347 e. The summed E-state index contributed by atoms with van der Waals surface area (Å²) in [6.07, 6.45) is 4.21. The number of rotatable bonds is 4. The van der Waals surface area contributed by atoms with Gasteiger partial charge in [-0.15, -0.1) is 11.3 Å². The first-order valence-electron chi connectivity index (χ1n) is 6.83. The molecule has 2 atom stereocenters. The summed E-state index contributed by atoms with van der Waals surface area (Å²) < 4.78 is 6.03. The molecule has 1 aromatic rings. The number of aromatic carboxylic acids is 1. The molecule has 0 bridgehead atoms. The van der Waals surface area contributed by atoms with Crippen LogP contribution < -0.4 is 0 Å². The van der Waals surface area contributed by atoms with Crippen molar-refractivity contribution in [1.82, 2.24) is 4.98 Å². The zero-order valence-electron chi connectivity index (χ0n) is 11.7. The number of nitrogens with zero attached hydrogens (tertiary/aromatic N) is 1. The zero-order valence-corrected chi connectivity index (χ0v) is 12.5. The van der Waals surface area contributed by atoms with Crippen LogP contribution in [0.5, 0.6) is 0 Å². The van der Waals surface area contributed by atoms with E-state index >= 15 is 0 Å². The van der Waals surface area contributed by atoms with E-state index in [0.29, 0.717) is 23.1 Å². The second-order valence-corrected chi connectivity index (χ2v) is 6.37. The summed E-state index contributed by atoms with van der Waals surface area (Å²) in [5.41, 5.74) is 0.236. The van der Waals surface area contributed by atoms with Crippen LogP contribution in [0.3, 0.4) is 0 Å². The third-order valence-electron chi connectivity index (χ3n) is 3.76. The highest BCUT2D eigenvalue weighted by Gasteiger charge is 2.40. The van der Waals surface area contributed by atoms with Gasteiger partial charge in [0.1, 0.15) is 15.5 Å². The summed E-state index contributed by atoms with van der Waals surface area (Å²) in [6, 6.07) is 0. The van der Waals surface area contributed by atoms with Crippen molar-refractivity contribution in [3.63, 3.8) is 0 Å². The molecular weight excluding hydrogens is 262 g/mol. The van der Waals surface area contributed by atoms with E-state index in [2.05, 4.69) is 11.9 Å². The van der Waals surface area contributed by atoms with E-state index in [4.69, 9.17) is 4.74 Å². The molecule has 19 heavy (non-hydrogen) atoms. The number of aromatic nitrogens is 1. The Morgan fingerprint density at radius 3 is 2.89 bits per heavy atom. The number of ether oxygens (including phenoxy) is 1. The lowest BCUT2D eigenvalue weighted by atomic mass is 9.79. The summed E-state index contributed by atoms with van der Waals surface area (Å²) in [4.78, 5) is 16.0. The molecule has 0 amide bonds. The van der Waals surface area contributed by atoms with Gasteiger partial charge in [0, 0.05) is 6.61 Å². The third-order valence-corrected chi connectivity index (χ3v) is 5.09. The highest BCUT2D eigenvalue weighted by atomic mass is 32.1. The normalized spacial score (nSPS) is 27.4. The van der Waals surface area contributed by atoms with E-state index in [0.717, 1.165) is 24.3 Å². The predicted octanol–water partition coefficient (Wildman–Crippen LogP) is 3.59. The first kappa shape index (κ1) is 14.5. The lowest BCUT2D eigenvalue weighted by Crippen LogP contribution is -2.35. The maximum atomic E-state index is 11.2. The van der Waals surface area contributed by atoms with E-state index < -0.39 is 5.97 Å². The molecular formula is C14H21NO3S. The van der Waals surface area contributed by atoms with Crippen molar-refractivity contribution in [3.8, 4) is 0 Å². The van der Waals surface area contributed by atoms with E-state index in [-0.39, 0.29) is 5.60 Å². The van der Waals surface area contributed by atoms with Crippen LogP contribution in [0, 0.1) is 12.8 Å². The van der Waals surface area contributed by atoms with Gasteiger partial charge in [0.2, 0.25) is 0 Å². The van der Waals surface area contributed by atoms with Crippen molar-refractivity contribution in [3.05, 3.63) is 15.6 Å². The van der Waals surface area contributed by atoms with Crippen LogP contribution in [-0.4, -0.2) is 22.7 Å². The lowest BCUT2D eigenvalue weighted by Gasteiger charge is -2.38. The van der Waals surface area contributed by atoms with Crippen LogP contribution in [0.15, 0.2) is 0 Å². The Morgan fingerprint density at radius 1 is 1.63 bits per heavy atom. The summed E-state index contributed by atoms with van der Waals surface area (Å²) >= 11 is 1.28. The van der Waals surface area contributed by atoms with E-state index in [1.807, 2.05) is 6.92 Å². The monoisotopic (exact) mass is 283 g/mol. The van der Waals surface area contributed by atoms with Gasteiger partial charge in [-0.3, -0.25) is 0 Å². The van der Waals surface area contributed by atoms with Crippen molar-refractivity contribution in [2.75, 3.05) is 6.61 Å². The van der Waals surface area contributed by atoms with Crippen molar-refractivity contribution >= 4 is 17.3 Å². The second kappa shape index (κ2) is 5.59. The van der Waals surface area contributed by atoms with E-state index in [1.165, 1.54) is 17.8 Å². The summed E-state index contributed by atoms with van der Waals surface area (Å²) in [7, 11) is 0. The standard InChI is InChI=1S/C14H21NO3S/c1-4-18-14(7-5-6-9(2)8-14)13-15-10(3)11(19-13)12(16)17/h9H,4-8H2,1-3H3,(H,16,17). The number of aryl methyl sites for hydroxylation is 1. The smallest absolute Gasteiger partial charge is 0.347 e. The van der Waals surface area contributed by atoms with Gasteiger partial charge in [-0.05, 0) is 39.0 Å². The van der Waals surface area contributed by atoms with Gasteiger partial charge in [0.15, 0.2) is 0 Å². The second-order valence-electron chi connectivity index (χ2n) is 5.37. The molecule has 0 aromatic carbocycles. The minimum Gasteiger partial charge on any atom is -0.477 e. The number of thiazole rings is 1. The Hall–Kier alpha value is -0.940. The largest absolute Gasteiger partial charge is 0.477 e. The van der Waals surface area contributed by atoms with Crippen LogP contribution in [0.1, 0.15) is 59.9 Å². The minimum atomic E-state index is -0.892. The van der Waals surface area contributed by atoms with Gasteiger partial charge < -0.3 is 9.84 Å². The molecule has 0 radical (unpaired) electrons. The molecule has 0 saturated heterocycles. The number of carboxylic acid groups (broad SMARTS) is 1. The van der Waals surface area contributed by atoms with Crippen LogP contribution in [0.2, 0.25) is 0 Å².